The average molecular weight is 525 g/mol. The number of methoxy groups -OCH3 is 1. The van der Waals surface area contributed by atoms with Gasteiger partial charge in [0.25, 0.3) is 0 Å². The van der Waals surface area contributed by atoms with Crippen molar-refractivity contribution in [1.82, 2.24) is 9.47 Å². The molecule has 1 aromatic heterocycles. The second-order valence-corrected chi connectivity index (χ2v) is 9.41. The van der Waals surface area contributed by atoms with E-state index in [4.69, 9.17) is 40.2 Å². The van der Waals surface area contributed by atoms with Crippen molar-refractivity contribution < 1.29 is 4.74 Å². The molecule has 0 spiro atoms. The average Bonchev–Trinajstić information content (AvgIpc) is 3.30. The van der Waals surface area contributed by atoms with E-state index in [2.05, 4.69) is 51.3 Å². The first-order valence-electron chi connectivity index (χ1n) is 11.3. The molecule has 4 rings (SSSR count). The maximum Gasteiger partial charge on any atom is 0.173 e. The lowest BCUT2D eigenvalue weighted by atomic mass is 10.1. The van der Waals surface area contributed by atoms with E-state index in [0.29, 0.717) is 18.2 Å². The highest BCUT2D eigenvalue weighted by atomic mass is 35.5. The Bertz CT molecular complexity index is 1270. The lowest BCUT2D eigenvalue weighted by Crippen LogP contribution is -2.36. The van der Waals surface area contributed by atoms with Gasteiger partial charge in [-0.25, -0.2) is 0 Å². The van der Waals surface area contributed by atoms with Crippen molar-refractivity contribution in [3.63, 3.8) is 0 Å². The second-order valence-electron chi connectivity index (χ2n) is 8.18. The molecule has 0 saturated carbocycles. The third kappa shape index (κ3) is 7.01. The Kier molecular flexibility index (Phi) is 8.69. The molecule has 0 aliphatic heterocycles. The summed E-state index contributed by atoms with van der Waals surface area (Å²) in [6, 6.07) is 27.8. The molecule has 0 fully saturated rings. The summed E-state index contributed by atoms with van der Waals surface area (Å²) in [6.45, 7) is 2.10. The Morgan fingerprint density at radius 1 is 0.971 bits per heavy atom. The summed E-state index contributed by atoms with van der Waals surface area (Å²) in [5.41, 5.74) is 4.32. The predicted molar refractivity (Wildman–Crippen MR) is 150 cm³/mol. The number of anilines is 1. The van der Waals surface area contributed by atoms with E-state index < -0.39 is 0 Å². The van der Waals surface area contributed by atoms with E-state index in [1.54, 1.807) is 7.11 Å². The minimum atomic E-state index is 0.651. The van der Waals surface area contributed by atoms with Gasteiger partial charge in [-0.15, -0.1) is 0 Å². The van der Waals surface area contributed by atoms with Crippen molar-refractivity contribution in [2.45, 2.75) is 19.5 Å². The number of nitrogens with one attached hydrogen (secondary N) is 1. The maximum absolute atomic E-state index is 6.42. The first kappa shape index (κ1) is 25.1. The summed E-state index contributed by atoms with van der Waals surface area (Å²) in [6.07, 6.45) is 2.91. The predicted octanol–water partition coefficient (Wildman–Crippen LogP) is 7.29. The van der Waals surface area contributed by atoms with Crippen LogP contribution in [0.4, 0.5) is 5.69 Å². The highest BCUT2D eigenvalue weighted by molar-refractivity contribution is 7.80. The standard InChI is InChI=1S/C28H27Cl2N3OS/c1-34-26-9-4-7-24(18-26)31-28(35)33(17-15-21-11-13-23(29)14-12-21)20-25-8-5-16-32(25)19-22-6-2-3-10-27(22)30/h2-14,16,18H,15,17,19-20H2,1H3,(H,31,35). The van der Waals surface area contributed by atoms with Gasteiger partial charge in [0, 0.05) is 46.8 Å². The van der Waals surface area contributed by atoms with Gasteiger partial charge in [0.2, 0.25) is 0 Å². The van der Waals surface area contributed by atoms with Crippen molar-refractivity contribution in [3.05, 3.63) is 118 Å². The van der Waals surface area contributed by atoms with E-state index in [9.17, 15) is 0 Å². The van der Waals surface area contributed by atoms with Crippen molar-refractivity contribution in [1.29, 1.82) is 0 Å². The van der Waals surface area contributed by atoms with E-state index in [1.807, 2.05) is 54.6 Å². The van der Waals surface area contributed by atoms with Crippen LogP contribution in [-0.4, -0.2) is 28.2 Å². The molecule has 1 N–H and O–H groups in total. The summed E-state index contributed by atoms with van der Waals surface area (Å²) in [4.78, 5) is 2.18. The lowest BCUT2D eigenvalue weighted by molar-refractivity contribution is 0.409. The van der Waals surface area contributed by atoms with Crippen LogP contribution in [0.5, 0.6) is 5.75 Å². The largest absolute Gasteiger partial charge is 0.497 e. The molecule has 4 nitrogen and oxygen atoms in total. The molecule has 1 heterocycles. The van der Waals surface area contributed by atoms with Crippen LogP contribution in [0.2, 0.25) is 10.0 Å². The normalized spacial score (nSPS) is 10.7. The van der Waals surface area contributed by atoms with Gasteiger partial charge < -0.3 is 19.5 Å². The fourth-order valence-corrected chi connectivity index (χ4v) is 4.42. The quantitative estimate of drug-likeness (QED) is 0.233. The SMILES string of the molecule is COc1cccc(NC(=S)N(CCc2ccc(Cl)cc2)Cc2cccn2Cc2ccccc2Cl)c1. The third-order valence-electron chi connectivity index (χ3n) is 5.77. The molecule has 0 saturated heterocycles. The molecule has 7 heteroatoms. The topological polar surface area (TPSA) is 29.4 Å². The lowest BCUT2D eigenvalue weighted by Gasteiger charge is -2.27. The number of halogens is 2. The molecule has 0 unspecified atom stereocenters. The Hall–Kier alpha value is -2.99. The van der Waals surface area contributed by atoms with Gasteiger partial charge in [-0.3, -0.25) is 0 Å². The summed E-state index contributed by atoms with van der Waals surface area (Å²) >= 11 is 18.3. The molecule has 0 radical (unpaired) electrons. The first-order chi connectivity index (χ1) is 17.0. The Morgan fingerprint density at radius 2 is 1.77 bits per heavy atom. The molecule has 3 aromatic carbocycles. The Labute approximate surface area is 222 Å². The summed E-state index contributed by atoms with van der Waals surface area (Å²) in [7, 11) is 1.66. The molecule has 0 aliphatic carbocycles. The summed E-state index contributed by atoms with van der Waals surface area (Å²) < 4.78 is 7.57. The number of hydrogen-bond donors (Lipinski definition) is 1. The molecule has 0 atom stereocenters. The number of benzene rings is 3. The van der Waals surface area contributed by atoms with Crippen LogP contribution in [0.1, 0.15) is 16.8 Å². The molecule has 4 aromatic rings. The van der Waals surface area contributed by atoms with Gasteiger partial charge in [0.05, 0.1) is 13.7 Å². The maximum atomic E-state index is 6.42. The molecule has 0 bridgehead atoms. The van der Waals surface area contributed by atoms with Crippen LogP contribution in [0.3, 0.4) is 0 Å². The Balaban J connectivity index is 1.53. The van der Waals surface area contributed by atoms with Crippen molar-refractivity contribution >= 4 is 46.2 Å². The van der Waals surface area contributed by atoms with E-state index in [0.717, 1.165) is 45.7 Å². The molecule has 0 aliphatic rings. The number of nitrogens with zero attached hydrogens (tertiary/aromatic N) is 2. The van der Waals surface area contributed by atoms with Gasteiger partial charge in [0.15, 0.2) is 5.11 Å². The smallest absolute Gasteiger partial charge is 0.173 e. The van der Waals surface area contributed by atoms with Crippen LogP contribution in [0.25, 0.3) is 0 Å². The van der Waals surface area contributed by atoms with Crippen LogP contribution in [0.15, 0.2) is 91.1 Å². The highest BCUT2D eigenvalue weighted by Crippen LogP contribution is 2.20. The number of rotatable bonds is 9. The van der Waals surface area contributed by atoms with Crippen molar-refractivity contribution in [2.24, 2.45) is 0 Å². The number of hydrogen-bond acceptors (Lipinski definition) is 2. The number of aromatic nitrogens is 1. The minimum absolute atomic E-state index is 0.651. The zero-order chi connectivity index (χ0) is 24.6. The number of thiocarbonyl (C=S) groups is 1. The van der Waals surface area contributed by atoms with Crippen molar-refractivity contribution in [2.75, 3.05) is 19.0 Å². The molecular weight excluding hydrogens is 497 g/mol. The van der Waals surface area contributed by atoms with Crippen LogP contribution >= 0.6 is 35.4 Å². The van der Waals surface area contributed by atoms with Gasteiger partial charge in [0.1, 0.15) is 5.75 Å². The molecule has 180 valence electrons. The first-order valence-corrected chi connectivity index (χ1v) is 12.5. The van der Waals surface area contributed by atoms with Gasteiger partial charge in [-0.1, -0.05) is 59.6 Å². The van der Waals surface area contributed by atoms with Crippen LogP contribution in [0, 0.1) is 0 Å². The monoisotopic (exact) mass is 523 g/mol. The zero-order valence-electron chi connectivity index (χ0n) is 19.5. The van der Waals surface area contributed by atoms with Crippen LogP contribution < -0.4 is 10.1 Å². The van der Waals surface area contributed by atoms with Crippen molar-refractivity contribution in [3.8, 4) is 5.75 Å². The van der Waals surface area contributed by atoms with Gasteiger partial charge in [-0.05, 0) is 72.2 Å². The fourth-order valence-electron chi connectivity index (χ4n) is 3.82. The molecule has 35 heavy (non-hydrogen) atoms. The second kappa shape index (κ2) is 12.1. The minimum Gasteiger partial charge on any atom is -0.497 e. The number of ether oxygens (including phenoxy) is 1. The molecular formula is C28H27Cl2N3OS. The van der Waals surface area contributed by atoms with Crippen LogP contribution in [-0.2, 0) is 19.5 Å². The molecule has 0 amide bonds. The Morgan fingerprint density at radius 3 is 2.54 bits per heavy atom. The highest BCUT2D eigenvalue weighted by Gasteiger charge is 2.14. The summed E-state index contributed by atoms with van der Waals surface area (Å²) in [5, 5.41) is 5.53. The zero-order valence-corrected chi connectivity index (χ0v) is 21.8. The van der Waals surface area contributed by atoms with E-state index in [1.165, 1.54) is 5.56 Å². The van der Waals surface area contributed by atoms with E-state index >= 15 is 0 Å². The summed E-state index contributed by atoms with van der Waals surface area (Å²) in [5.74, 6) is 0.777. The van der Waals surface area contributed by atoms with Gasteiger partial charge in [-0.2, -0.15) is 0 Å². The third-order valence-corrected chi connectivity index (χ3v) is 6.75. The van der Waals surface area contributed by atoms with Gasteiger partial charge >= 0.3 is 0 Å². The fraction of sp³-hybridized carbons (Fsp3) is 0.179. The van der Waals surface area contributed by atoms with E-state index in [-0.39, 0.29) is 0 Å².